The molecule has 0 aliphatic heterocycles. The summed E-state index contributed by atoms with van der Waals surface area (Å²) in [4.78, 5) is 7.84. The number of hydrogen-bond donors (Lipinski definition) is 1. The fraction of sp³-hybridized carbons (Fsp3) is 0.0909. The molecule has 0 saturated carbocycles. The van der Waals surface area contributed by atoms with Crippen LogP contribution in [0, 0.1) is 0 Å². The summed E-state index contributed by atoms with van der Waals surface area (Å²) in [6, 6.07) is 6.74. The van der Waals surface area contributed by atoms with E-state index in [1.54, 1.807) is 30.5 Å². The lowest BCUT2D eigenvalue weighted by Crippen LogP contribution is -1.94. The second-order valence-electron chi connectivity index (χ2n) is 2.64. The minimum absolute atomic E-state index is 0.194. The Balaban J connectivity index is 3.06. The van der Waals surface area contributed by atoms with Gasteiger partial charge in [0.25, 0.3) is 0 Å². The summed E-state index contributed by atoms with van der Waals surface area (Å²) in [6.45, 7) is 5.29. The zero-order chi connectivity index (χ0) is 10.4. The van der Waals surface area contributed by atoms with Crippen molar-refractivity contribution in [1.82, 2.24) is 0 Å². The lowest BCUT2D eigenvalue weighted by molar-refractivity contribution is 0.475. The third-order valence-corrected chi connectivity index (χ3v) is 1.60. The zero-order valence-electron chi connectivity index (χ0n) is 8.01. The maximum absolute atomic E-state index is 9.25. The molecular formula is C11H12N2O. The van der Waals surface area contributed by atoms with Crippen molar-refractivity contribution in [3.63, 3.8) is 0 Å². The quantitative estimate of drug-likeness (QED) is 0.562. The number of rotatable bonds is 2. The van der Waals surface area contributed by atoms with Crippen LogP contribution >= 0.6 is 0 Å². The molecule has 0 aromatic heterocycles. The molecule has 0 saturated heterocycles. The average Bonchev–Trinajstić information content (AvgIpc) is 2.19. The summed E-state index contributed by atoms with van der Waals surface area (Å²) in [5.74, 6) is 0.693. The van der Waals surface area contributed by atoms with Crippen LogP contribution < -0.4 is 0 Å². The van der Waals surface area contributed by atoms with Crippen LogP contribution in [0.5, 0.6) is 5.75 Å². The van der Waals surface area contributed by atoms with Crippen LogP contribution in [0.15, 0.2) is 46.5 Å². The summed E-state index contributed by atoms with van der Waals surface area (Å²) >= 11 is 0. The number of amidine groups is 1. The Kier molecular flexibility index (Phi) is 3.61. The molecule has 0 unspecified atom stereocenters. The third kappa shape index (κ3) is 2.55. The highest BCUT2D eigenvalue weighted by Gasteiger charge is 1.99. The van der Waals surface area contributed by atoms with Gasteiger partial charge in [0.1, 0.15) is 5.75 Å². The van der Waals surface area contributed by atoms with Gasteiger partial charge >= 0.3 is 0 Å². The van der Waals surface area contributed by atoms with Crippen LogP contribution in [0.1, 0.15) is 12.5 Å². The Labute approximate surface area is 83.2 Å². The Bertz CT molecular complexity index is 381. The monoisotopic (exact) mass is 188 g/mol. The van der Waals surface area contributed by atoms with E-state index in [0.717, 1.165) is 5.56 Å². The molecule has 1 N–H and O–H groups in total. The van der Waals surface area contributed by atoms with E-state index in [1.807, 2.05) is 13.0 Å². The smallest absolute Gasteiger partial charge is 0.158 e. The van der Waals surface area contributed by atoms with Gasteiger partial charge in [0.2, 0.25) is 0 Å². The van der Waals surface area contributed by atoms with E-state index >= 15 is 0 Å². The molecule has 1 rings (SSSR count). The van der Waals surface area contributed by atoms with Crippen molar-refractivity contribution in [3.8, 4) is 5.75 Å². The van der Waals surface area contributed by atoms with E-state index < -0.39 is 0 Å². The molecule has 0 heterocycles. The zero-order valence-corrected chi connectivity index (χ0v) is 8.01. The van der Waals surface area contributed by atoms with Gasteiger partial charge in [-0.3, -0.25) is 0 Å². The van der Waals surface area contributed by atoms with Gasteiger partial charge in [0, 0.05) is 11.8 Å². The molecule has 72 valence electrons. The molecule has 0 fully saturated rings. The number of phenolic OH excluding ortho intramolecular Hbond substituents is 1. The second kappa shape index (κ2) is 4.97. The first-order chi connectivity index (χ1) is 6.77. The van der Waals surface area contributed by atoms with Gasteiger partial charge in [-0.1, -0.05) is 18.2 Å². The highest BCUT2D eigenvalue weighted by molar-refractivity contribution is 6.01. The highest BCUT2D eigenvalue weighted by atomic mass is 16.3. The van der Waals surface area contributed by atoms with Gasteiger partial charge in [-0.2, -0.15) is 0 Å². The minimum Gasteiger partial charge on any atom is -0.508 e. The molecule has 0 bridgehead atoms. The third-order valence-electron chi connectivity index (χ3n) is 1.60. The normalized spacial score (nSPS) is 11.9. The van der Waals surface area contributed by atoms with Crippen LogP contribution in [0.2, 0.25) is 0 Å². The van der Waals surface area contributed by atoms with Gasteiger partial charge in [-0.15, -0.1) is 0 Å². The lowest BCUT2D eigenvalue weighted by Gasteiger charge is -1.99. The maximum atomic E-state index is 9.25. The van der Waals surface area contributed by atoms with Crippen molar-refractivity contribution >= 4 is 12.6 Å². The summed E-state index contributed by atoms with van der Waals surface area (Å²) in [5.41, 5.74) is 0.748. The van der Waals surface area contributed by atoms with Gasteiger partial charge in [-0.25, -0.2) is 9.98 Å². The van der Waals surface area contributed by atoms with Crippen molar-refractivity contribution in [2.75, 3.05) is 0 Å². The number of phenols is 1. The van der Waals surface area contributed by atoms with E-state index in [-0.39, 0.29) is 5.75 Å². The molecule has 3 heteroatoms. The standard InChI is InChI=1S/C11H12N2O/c1-3-7-13-11(12-2)9-5-4-6-10(14)8-9/h3-8,14H,2H2,1H3/b7-3-,13-11?. The SMILES string of the molecule is C=NC(=N/C=C\C)c1cccc(O)c1. The van der Waals surface area contributed by atoms with Crippen molar-refractivity contribution in [1.29, 1.82) is 0 Å². The summed E-state index contributed by atoms with van der Waals surface area (Å²) in [7, 11) is 0. The topological polar surface area (TPSA) is 45.0 Å². The van der Waals surface area contributed by atoms with Crippen molar-refractivity contribution < 1.29 is 5.11 Å². The molecule has 0 aliphatic carbocycles. The minimum atomic E-state index is 0.194. The molecular weight excluding hydrogens is 176 g/mol. The summed E-state index contributed by atoms with van der Waals surface area (Å²) in [6.07, 6.45) is 3.43. The van der Waals surface area contributed by atoms with Crippen molar-refractivity contribution in [2.24, 2.45) is 9.98 Å². The van der Waals surface area contributed by atoms with Gasteiger partial charge in [0.05, 0.1) is 0 Å². The maximum Gasteiger partial charge on any atom is 0.158 e. The van der Waals surface area contributed by atoms with Crippen LogP contribution in [0.25, 0.3) is 0 Å². The molecule has 3 nitrogen and oxygen atoms in total. The Morgan fingerprint density at radius 3 is 2.86 bits per heavy atom. The van der Waals surface area contributed by atoms with Crippen molar-refractivity contribution in [3.05, 3.63) is 42.1 Å². The first kappa shape index (κ1) is 10.2. The lowest BCUT2D eigenvalue weighted by atomic mass is 10.2. The Morgan fingerprint density at radius 2 is 2.29 bits per heavy atom. The van der Waals surface area contributed by atoms with Crippen LogP contribution in [-0.2, 0) is 0 Å². The number of allylic oxidation sites excluding steroid dienone is 1. The number of benzene rings is 1. The van der Waals surface area contributed by atoms with E-state index in [1.165, 1.54) is 0 Å². The highest BCUT2D eigenvalue weighted by Crippen LogP contribution is 2.12. The number of aliphatic imine (C=N–C) groups is 2. The van der Waals surface area contributed by atoms with Crippen LogP contribution in [-0.4, -0.2) is 17.7 Å². The molecule has 0 amide bonds. The average molecular weight is 188 g/mol. The van der Waals surface area contributed by atoms with Gasteiger partial charge < -0.3 is 5.11 Å². The van der Waals surface area contributed by atoms with Gasteiger partial charge in [-0.05, 0) is 25.8 Å². The molecule has 0 spiro atoms. The van der Waals surface area contributed by atoms with Crippen molar-refractivity contribution in [2.45, 2.75) is 6.92 Å². The molecule has 1 aromatic carbocycles. The Morgan fingerprint density at radius 1 is 1.50 bits per heavy atom. The number of hydrogen-bond acceptors (Lipinski definition) is 2. The molecule has 1 aromatic rings. The first-order valence-corrected chi connectivity index (χ1v) is 4.23. The second-order valence-corrected chi connectivity index (χ2v) is 2.64. The van der Waals surface area contributed by atoms with E-state index in [4.69, 9.17) is 0 Å². The van der Waals surface area contributed by atoms with E-state index in [2.05, 4.69) is 16.7 Å². The molecule has 0 aliphatic rings. The predicted molar refractivity (Wildman–Crippen MR) is 59.0 cm³/mol. The summed E-state index contributed by atoms with van der Waals surface area (Å²) < 4.78 is 0. The molecule has 0 atom stereocenters. The summed E-state index contributed by atoms with van der Waals surface area (Å²) in [5, 5.41) is 9.25. The first-order valence-electron chi connectivity index (χ1n) is 4.23. The fourth-order valence-electron chi connectivity index (χ4n) is 0.997. The number of nitrogens with zero attached hydrogens (tertiary/aromatic N) is 2. The fourth-order valence-corrected chi connectivity index (χ4v) is 0.997. The van der Waals surface area contributed by atoms with Crippen LogP contribution in [0.4, 0.5) is 0 Å². The largest absolute Gasteiger partial charge is 0.508 e. The predicted octanol–water partition coefficient (Wildman–Crippen LogP) is 2.37. The van der Waals surface area contributed by atoms with Gasteiger partial charge in [0.15, 0.2) is 5.84 Å². The Hall–Kier alpha value is -1.90. The van der Waals surface area contributed by atoms with E-state index in [9.17, 15) is 5.11 Å². The number of aromatic hydroxyl groups is 1. The molecule has 14 heavy (non-hydrogen) atoms. The van der Waals surface area contributed by atoms with Crippen LogP contribution in [0.3, 0.4) is 0 Å². The molecule has 0 radical (unpaired) electrons. The van der Waals surface area contributed by atoms with E-state index in [0.29, 0.717) is 5.84 Å².